The van der Waals surface area contributed by atoms with Crippen LogP contribution in [0.1, 0.15) is 46.8 Å². The number of nitrogens with two attached hydrogens (primary N) is 1. The first kappa shape index (κ1) is 29.5. The molecule has 0 bridgehead atoms. The van der Waals surface area contributed by atoms with Gasteiger partial charge in [-0.1, -0.05) is 79.2 Å². The van der Waals surface area contributed by atoms with Gasteiger partial charge in [0.25, 0.3) is 0 Å². The Hall–Kier alpha value is -3.98. The Morgan fingerprint density at radius 2 is 1.76 bits per heavy atom. The molecule has 0 fully saturated rings. The molecule has 1 heterocycles. The number of nitrogens with one attached hydrogen (secondary N) is 1. The molecule has 4 N–H and O–H groups in total. The molecule has 4 aromatic rings. The average molecular weight is 593 g/mol. The smallest absolute Gasteiger partial charge is 0.249 e. The Morgan fingerprint density at radius 3 is 2.40 bits per heavy atom. The molecule has 5 rings (SSSR count). The molecule has 42 heavy (non-hydrogen) atoms. The van der Waals surface area contributed by atoms with Gasteiger partial charge in [0.2, 0.25) is 5.91 Å². The molecule has 2 unspecified atom stereocenters. The third-order valence-electron chi connectivity index (χ3n) is 7.57. The number of hydrogen-bond acceptors (Lipinski definition) is 5. The summed E-state index contributed by atoms with van der Waals surface area (Å²) in [7, 11) is 0. The number of primary amides is 1. The number of rotatable bonds is 10. The Bertz CT molecular complexity index is 1600. The van der Waals surface area contributed by atoms with E-state index in [1.54, 1.807) is 0 Å². The topological polar surface area (TPSA) is 93.8 Å². The maximum atomic E-state index is 16.2. The number of amides is 1. The van der Waals surface area contributed by atoms with Crippen molar-refractivity contribution in [2.45, 2.75) is 38.0 Å². The number of fused-ring (bicyclic) bond motifs is 1. The van der Waals surface area contributed by atoms with Crippen LogP contribution < -0.4 is 20.5 Å². The molecular weight excluding hydrogens is 562 g/mol. The van der Waals surface area contributed by atoms with Gasteiger partial charge >= 0.3 is 0 Å². The van der Waals surface area contributed by atoms with Gasteiger partial charge in [-0.3, -0.25) is 4.79 Å². The summed E-state index contributed by atoms with van der Waals surface area (Å²) >= 11 is 6.58. The highest BCUT2D eigenvalue weighted by molar-refractivity contribution is 6.34. The normalized spacial score (nSPS) is 18.3. The summed E-state index contributed by atoms with van der Waals surface area (Å²) in [4.78, 5) is 12.5. The second-order valence-electron chi connectivity index (χ2n) is 10.5. The highest BCUT2D eigenvalue weighted by atomic mass is 35.5. The summed E-state index contributed by atoms with van der Waals surface area (Å²) in [5.74, 6) is -3.28. The van der Waals surface area contributed by atoms with Crippen LogP contribution in [-0.4, -0.2) is 30.3 Å². The molecule has 1 aliphatic heterocycles. The van der Waals surface area contributed by atoms with Crippen molar-refractivity contribution in [2.24, 2.45) is 5.73 Å². The minimum Gasteiger partial charge on any atom is -0.488 e. The summed E-state index contributed by atoms with van der Waals surface area (Å²) < 4.78 is 43.7. The van der Waals surface area contributed by atoms with E-state index in [0.717, 1.165) is 11.1 Å². The molecule has 4 aromatic carbocycles. The molecule has 0 spiro atoms. The molecule has 0 aromatic heterocycles. The van der Waals surface area contributed by atoms with Gasteiger partial charge < -0.3 is 25.6 Å². The van der Waals surface area contributed by atoms with Crippen molar-refractivity contribution in [3.8, 4) is 22.6 Å². The number of aliphatic hydroxyl groups excluding tert-OH is 1. The van der Waals surface area contributed by atoms with Gasteiger partial charge in [0, 0.05) is 41.8 Å². The second-order valence-corrected chi connectivity index (χ2v) is 10.8. The highest BCUT2D eigenvalue weighted by Crippen LogP contribution is 2.56. The molecule has 6 nitrogen and oxygen atoms in total. The monoisotopic (exact) mass is 592 g/mol. The predicted molar refractivity (Wildman–Crippen MR) is 158 cm³/mol. The molecule has 1 aliphatic rings. The second kappa shape index (κ2) is 12.1. The van der Waals surface area contributed by atoms with Gasteiger partial charge in [-0.2, -0.15) is 0 Å². The number of hydrogen-bond donors (Lipinski definition) is 3. The molecule has 9 heteroatoms. The third-order valence-corrected chi connectivity index (χ3v) is 7.94. The maximum absolute atomic E-state index is 16.2. The molecule has 0 radical (unpaired) electrons. The van der Waals surface area contributed by atoms with Gasteiger partial charge in [0.15, 0.2) is 17.2 Å². The number of aliphatic hydroxyl groups is 1. The third kappa shape index (κ3) is 5.45. The summed E-state index contributed by atoms with van der Waals surface area (Å²) in [5.41, 5.74) is 6.43. The first-order valence-corrected chi connectivity index (χ1v) is 14.0. The first-order chi connectivity index (χ1) is 20.1. The molecule has 218 valence electrons. The quantitative estimate of drug-likeness (QED) is 0.200. The van der Waals surface area contributed by atoms with Crippen LogP contribution in [0.4, 0.5) is 8.78 Å². The van der Waals surface area contributed by atoms with Gasteiger partial charge in [-0.15, -0.1) is 0 Å². The van der Waals surface area contributed by atoms with Gasteiger partial charge in [-0.25, -0.2) is 8.78 Å². The van der Waals surface area contributed by atoms with Crippen molar-refractivity contribution in [1.29, 1.82) is 0 Å². The SMILES string of the molecule is CC1c2c(cc(F)c(Cl)c2-c2c(C(N)=O)ccc(OC[C@H](C)O)c2F)OC1(CNCc1ccccc1)c1ccccc1. The van der Waals surface area contributed by atoms with E-state index in [1.165, 1.54) is 25.1 Å². The maximum Gasteiger partial charge on any atom is 0.249 e. The molecule has 3 atom stereocenters. The van der Waals surface area contributed by atoms with Crippen LogP contribution in [0.5, 0.6) is 11.5 Å². The average Bonchev–Trinajstić information content (AvgIpc) is 3.25. The van der Waals surface area contributed by atoms with Crippen molar-refractivity contribution in [1.82, 2.24) is 5.32 Å². The van der Waals surface area contributed by atoms with Crippen LogP contribution in [-0.2, 0) is 12.1 Å². The van der Waals surface area contributed by atoms with E-state index < -0.39 is 35.2 Å². The van der Waals surface area contributed by atoms with Gasteiger partial charge in [-0.05, 0) is 30.2 Å². The van der Waals surface area contributed by atoms with Crippen molar-refractivity contribution < 1.29 is 28.2 Å². The number of halogens is 3. The van der Waals surface area contributed by atoms with Gasteiger partial charge in [0.05, 0.1) is 16.7 Å². The summed E-state index contributed by atoms with van der Waals surface area (Å²) in [5, 5.41) is 12.8. The zero-order valence-electron chi connectivity index (χ0n) is 23.2. The van der Waals surface area contributed by atoms with Crippen LogP contribution in [0, 0.1) is 11.6 Å². The van der Waals surface area contributed by atoms with Crippen molar-refractivity contribution in [3.63, 3.8) is 0 Å². The molecular formula is C33H31ClF2N2O4. The Balaban J connectivity index is 1.67. The number of ether oxygens (including phenoxy) is 2. The summed E-state index contributed by atoms with van der Waals surface area (Å²) in [6, 6.07) is 23.1. The lowest BCUT2D eigenvalue weighted by atomic mass is 9.77. The lowest BCUT2D eigenvalue weighted by molar-refractivity contribution is 0.0693. The van der Waals surface area contributed by atoms with E-state index in [2.05, 4.69) is 5.32 Å². The fraction of sp³-hybridized carbons (Fsp3) is 0.242. The Labute approximate surface area is 248 Å². The van der Waals surface area contributed by atoms with E-state index in [4.69, 9.17) is 26.8 Å². The largest absolute Gasteiger partial charge is 0.488 e. The number of carbonyl (C=O) groups is 1. The molecule has 0 saturated heterocycles. The van der Waals surface area contributed by atoms with Crippen molar-refractivity contribution >= 4 is 17.5 Å². The van der Waals surface area contributed by atoms with Crippen LogP contribution in [0.15, 0.2) is 78.9 Å². The number of benzene rings is 4. The van der Waals surface area contributed by atoms with E-state index in [0.29, 0.717) is 18.7 Å². The van der Waals surface area contributed by atoms with Gasteiger partial charge in [0.1, 0.15) is 18.2 Å². The summed E-state index contributed by atoms with van der Waals surface area (Å²) in [6.07, 6.45) is -0.881. The fourth-order valence-corrected chi connectivity index (χ4v) is 5.78. The van der Waals surface area contributed by atoms with Crippen molar-refractivity contribution in [3.05, 3.63) is 118 Å². The van der Waals surface area contributed by atoms with Crippen LogP contribution >= 0.6 is 11.6 Å². The van der Waals surface area contributed by atoms with Crippen LogP contribution in [0.3, 0.4) is 0 Å². The zero-order chi connectivity index (χ0) is 30.0. The number of carbonyl (C=O) groups excluding carboxylic acids is 1. The minimum absolute atomic E-state index is 0.0335. The predicted octanol–water partition coefficient (Wildman–Crippen LogP) is 6.32. The fourth-order valence-electron chi connectivity index (χ4n) is 5.53. The van der Waals surface area contributed by atoms with E-state index in [9.17, 15) is 9.90 Å². The Kier molecular flexibility index (Phi) is 8.50. The minimum atomic E-state index is -1.03. The standard InChI is InChI=1S/C33H31ClF2N2O4/c1-19(39)17-41-25-14-13-23(32(37)40)28(31(25)36)29-27-20(2)33(22-11-7-4-8-12-22,42-26(27)15-24(35)30(29)34)18-38-16-21-9-5-3-6-10-21/h3-15,19-20,38-39H,16-18H2,1-2H3,(H2,37,40)/t19-,20?,33?/m0/s1. The first-order valence-electron chi connectivity index (χ1n) is 13.6. The van der Waals surface area contributed by atoms with Crippen molar-refractivity contribution in [2.75, 3.05) is 13.2 Å². The highest BCUT2D eigenvalue weighted by Gasteiger charge is 2.49. The van der Waals surface area contributed by atoms with E-state index >= 15 is 8.78 Å². The van der Waals surface area contributed by atoms with E-state index in [1.807, 2.05) is 67.6 Å². The van der Waals surface area contributed by atoms with E-state index in [-0.39, 0.29) is 39.8 Å². The molecule has 0 aliphatic carbocycles. The lowest BCUT2D eigenvalue weighted by Crippen LogP contribution is -2.44. The summed E-state index contributed by atoms with van der Waals surface area (Å²) in [6.45, 7) is 4.05. The molecule has 0 saturated carbocycles. The van der Waals surface area contributed by atoms with Crippen LogP contribution in [0.25, 0.3) is 11.1 Å². The zero-order valence-corrected chi connectivity index (χ0v) is 23.9. The molecule has 1 amide bonds. The Morgan fingerprint density at radius 1 is 1.10 bits per heavy atom. The van der Waals surface area contributed by atoms with Crippen LogP contribution in [0.2, 0.25) is 5.02 Å². The lowest BCUT2D eigenvalue weighted by Gasteiger charge is -2.34.